The van der Waals surface area contributed by atoms with Gasteiger partial charge in [0, 0.05) is 26.7 Å². The molecule has 0 bridgehead atoms. The average Bonchev–Trinajstić information content (AvgIpc) is 3.20. The van der Waals surface area contributed by atoms with Gasteiger partial charge in [0.1, 0.15) is 11.6 Å². The first-order chi connectivity index (χ1) is 12.2. The Kier molecular flexibility index (Phi) is 4.10. The van der Waals surface area contributed by atoms with Gasteiger partial charge in [0.25, 0.3) is 5.56 Å². The van der Waals surface area contributed by atoms with Crippen LogP contribution in [0.5, 0.6) is 0 Å². The van der Waals surface area contributed by atoms with Crippen molar-refractivity contribution in [3.8, 4) is 0 Å². The Bertz CT molecular complexity index is 934. The summed E-state index contributed by atoms with van der Waals surface area (Å²) < 4.78 is 7.29. The van der Waals surface area contributed by atoms with Crippen LogP contribution in [0.2, 0.25) is 0 Å². The summed E-state index contributed by atoms with van der Waals surface area (Å²) in [5, 5.41) is 4.61. The van der Waals surface area contributed by atoms with Crippen molar-refractivity contribution in [2.75, 3.05) is 20.2 Å². The molecule has 2 atom stereocenters. The van der Waals surface area contributed by atoms with Gasteiger partial charge in [-0.05, 0) is 12.5 Å². The third-order valence-corrected chi connectivity index (χ3v) is 4.84. The molecule has 1 aliphatic rings. The van der Waals surface area contributed by atoms with Crippen LogP contribution in [-0.2, 0) is 11.3 Å². The molecule has 7 nitrogen and oxygen atoms in total. The van der Waals surface area contributed by atoms with Crippen LogP contribution in [0, 0.1) is 6.92 Å². The molecule has 0 saturated carbocycles. The molecular weight excluding hydrogens is 318 g/mol. The van der Waals surface area contributed by atoms with E-state index < -0.39 is 0 Å². The molecule has 0 radical (unpaired) electrons. The Labute approximate surface area is 145 Å². The molecule has 1 aliphatic heterocycles. The van der Waals surface area contributed by atoms with Gasteiger partial charge in [-0.2, -0.15) is 5.10 Å². The molecule has 0 amide bonds. The summed E-state index contributed by atoms with van der Waals surface area (Å²) in [6, 6.07) is 10.4. The van der Waals surface area contributed by atoms with E-state index in [0.717, 1.165) is 19.6 Å². The van der Waals surface area contributed by atoms with E-state index in [9.17, 15) is 4.79 Å². The van der Waals surface area contributed by atoms with Crippen LogP contribution in [0.4, 0.5) is 0 Å². The van der Waals surface area contributed by atoms with Gasteiger partial charge in [-0.1, -0.05) is 30.3 Å². The van der Waals surface area contributed by atoms with E-state index in [1.54, 1.807) is 17.8 Å². The second-order valence-electron chi connectivity index (χ2n) is 6.50. The van der Waals surface area contributed by atoms with Crippen molar-refractivity contribution in [1.29, 1.82) is 0 Å². The van der Waals surface area contributed by atoms with Gasteiger partial charge >= 0.3 is 0 Å². The molecule has 4 rings (SSSR count). The van der Waals surface area contributed by atoms with Crippen molar-refractivity contribution in [3.63, 3.8) is 0 Å². The van der Waals surface area contributed by atoms with Gasteiger partial charge in [0.2, 0.25) is 0 Å². The molecule has 7 heteroatoms. The van der Waals surface area contributed by atoms with Crippen LogP contribution in [0.25, 0.3) is 5.52 Å². The maximum Gasteiger partial charge on any atom is 0.276 e. The first-order valence-electron chi connectivity index (χ1n) is 8.39. The van der Waals surface area contributed by atoms with E-state index in [1.165, 1.54) is 5.56 Å². The lowest BCUT2D eigenvalue weighted by Gasteiger charge is -2.15. The van der Waals surface area contributed by atoms with Crippen LogP contribution in [-0.4, -0.2) is 50.8 Å². The van der Waals surface area contributed by atoms with Crippen LogP contribution >= 0.6 is 0 Å². The summed E-state index contributed by atoms with van der Waals surface area (Å²) >= 11 is 0. The van der Waals surface area contributed by atoms with Crippen molar-refractivity contribution in [2.24, 2.45) is 0 Å². The highest BCUT2D eigenvalue weighted by atomic mass is 16.5. The Morgan fingerprint density at radius 3 is 2.84 bits per heavy atom. The second-order valence-corrected chi connectivity index (χ2v) is 6.50. The van der Waals surface area contributed by atoms with Crippen molar-refractivity contribution >= 4 is 5.52 Å². The maximum atomic E-state index is 12.3. The van der Waals surface area contributed by atoms with E-state index in [2.05, 4.69) is 32.1 Å². The fourth-order valence-electron chi connectivity index (χ4n) is 3.52. The second kappa shape index (κ2) is 6.42. The summed E-state index contributed by atoms with van der Waals surface area (Å²) in [6.45, 7) is 4.29. The number of H-pyrrole nitrogens is 1. The molecule has 3 aromatic rings. The number of hydrogen-bond donors (Lipinski definition) is 1. The molecule has 1 saturated heterocycles. The van der Waals surface area contributed by atoms with E-state index in [1.807, 2.05) is 25.1 Å². The standard InChI is InChI=1S/C18H21N5O2/c1-12-19-8-15-18(24)20-17(21-23(12)15)14-10-22(11-16(14)25-2)9-13-6-4-3-5-7-13/h3-8,14,16H,9-11H2,1-2H3,(H,20,21,24). The highest BCUT2D eigenvalue weighted by Gasteiger charge is 2.36. The van der Waals surface area contributed by atoms with Gasteiger partial charge in [0.05, 0.1) is 18.2 Å². The number of aryl methyl sites for hydroxylation is 1. The quantitative estimate of drug-likeness (QED) is 0.776. The smallest absolute Gasteiger partial charge is 0.276 e. The van der Waals surface area contributed by atoms with Crippen molar-refractivity contribution in [1.82, 2.24) is 24.5 Å². The third kappa shape index (κ3) is 2.96. The van der Waals surface area contributed by atoms with Gasteiger partial charge < -0.3 is 9.72 Å². The lowest BCUT2D eigenvalue weighted by Crippen LogP contribution is -2.25. The molecule has 0 aliphatic carbocycles. The first kappa shape index (κ1) is 16.0. The van der Waals surface area contributed by atoms with Crippen molar-refractivity contribution in [2.45, 2.75) is 25.5 Å². The Hall–Kier alpha value is -2.51. The number of nitrogens with one attached hydrogen (secondary N) is 1. The van der Waals surface area contributed by atoms with Crippen LogP contribution in [0.1, 0.15) is 23.1 Å². The largest absolute Gasteiger partial charge is 0.379 e. The number of ether oxygens (including phenoxy) is 1. The number of rotatable bonds is 4. The number of aromatic nitrogens is 4. The van der Waals surface area contributed by atoms with E-state index in [4.69, 9.17) is 4.74 Å². The third-order valence-electron chi connectivity index (χ3n) is 4.84. The van der Waals surface area contributed by atoms with Gasteiger partial charge in [-0.15, -0.1) is 0 Å². The first-order valence-corrected chi connectivity index (χ1v) is 8.39. The minimum Gasteiger partial charge on any atom is -0.379 e. The average molecular weight is 339 g/mol. The van der Waals surface area contributed by atoms with Gasteiger partial charge in [0.15, 0.2) is 5.52 Å². The number of aromatic amines is 1. The van der Waals surface area contributed by atoms with Crippen molar-refractivity contribution in [3.05, 3.63) is 64.1 Å². The maximum absolute atomic E-state index is 12.3. The van der Waals surface area contributed by atoms with Gasteiger partial charge in [-0.25, -0.2) is 9.50 Å². The number of benzene rings is 1. The molecule has 1 aromatic carbocycles. The predicted molar refractivity (Wildman–Crippen MR) is 93.6 cm³/mol. The van der Waals surface area contributed by atoms with Crippen LogP contribution in [0.3, 0.4) is 0 Å². The zero-order valence-electron chi connectivity index (χ0n) is 14.3. The molecule has 2 aromatic heterocycles. The number of nitrogens with zero attached hydrogens (tertiary/aromatic N) is 4. The molecule has 1 fully saturated rings. The molecule has 130 valence electrons. The summed E-state index contributed by atoms with van der Waals surface area (Å²) in [4.78, 5) is 21.8. The van der Waals surface area contributed by atoms with E-state index in [0.29, 0.717) is 17.2 Å². The molecule has 0 spiro atoms. The SMILES string of the molecule is COC1CN(Cc2ccccc2)CC1c1nn2c(C)ncc2c(=O)[nH]1. The zero-order chi connectivity index (χ0) is 17.4. The minimum absolute atomic E-state index is 0.00635. The summed E-state index contributed by atoms with van der Waals surface area (Å²) in [5.41, 5.74) is 1.57. The van der Waals surface area contributed by atoms with E-state index >= 15 is 0 Å². The Morgan fingerprint density at radius 1 is 1.28 bits per heavy atom. The lowest BCUT2D eigenvalue weighted by atomic mass is 10.1. The predicted octanol–water partition coefficient (Wildman–Crippen LogP) is 1.34. The highest BCUT2D eigenvalue weighted by Crippen LogP contribution is 2.28. The number of methoxy groups -OCH3 is 1. The van der Waals surface area contributed by atoms with Crippen LogP contribution in [0.15, 0.2) is 41.3 Å². The number of likely N-dealkylation sites (tertiary alicyclic amines) is 1. The summed E-state index contributed by atoms with van der Waals surface area (Å²) in [7, 11) is 1.71. The monoisotopic (exact) mass is 339 g/mol. The number of imidazole rings is 1. The fraction of sp³-hybridized carbons (Fsp3) is 0.389. The normalized spacial score (nSPS) is 21.2. The van der Waals surface area contributed by atoms with E-state index in [-0.39, 0.29) is 17.6 Å². The Balaban J connectivity index is 1.63. The Morgan fingerprint density at radius 2 is 2.08 bits per heavy atom. The topological polar surface area (TPSA) is 75.5 Å². The number of hydrogen-bond acceptors (Lipinski definition) is 5. The molecule has 2 unspecified atom stereocenters. The lowest BCUT2D eigenvalue weighted by molar-refractivity contribution is 0.0945. The summed E-state index contributed by atoms with van der Waals surface area (Å²) in [6.07, 6.45) is 1.54. The van der Waals surface area contributed by atoms with Gasteiger partial charge in [-0.3, -0.25) is 9.69 Å². The highest BCUT2D eigenvalue weighted by molar-refractivity contribution is 5.41. The number of fused-ring (bicyclic) bond motifs is 1. The fourth-order valence-corrected chi connectivity index (χ4v) is 3.52. The summed E-state index contributed by atoms with van der Waals surface area (Å²) in [5.74, 6) is 1.38. The molecule has 1 N–H and O–H groups in total. The molecule has 3 heterocycles. The molecule has 25 heavy (non-hydrogen) atoms. The molecular formula is C18H21N5O2. The van der Waals surface area contributed by atoms with Crippen molar-refractivity contribution < 1.29 is 4.74 Å². The zero-order valence-corrected chi connectivity index (χ0v) is 14.3. The minimum atomic E-state index is -0.165. The van der Waals surface area contributed by atoms with Crippen LogP contribution < -0.4 is 5.56 Å².